The lowest BCUT2D eigenvalue weighted by atomic mass is 10.1. The van der Waals surface area contributed by atoms with E-state index in [-0.39, 0.29) is 17.7 Å². The Morgan fingerprint density at radius 2 is 2.38 bits per heavy atom. The molecule has 3 nitrogen and oxygen atoms in total. The van der Waals surface area contributed by atoms with Crippen LogP contribution in [0.1, 0.15) is 22.8 Å². The summed E-state index contributed by atoms with van der Waals surface area (Å²) in [5.74, 6) is 0.720. The predicted molar refractivity (Wildman–Crippen MR) is 56.4 cm³/mol. The van der Waals surface area contributed by atoms with Gasteiger partial charge in [0.05, 0.1) is 12.2 Å². The first-order chi connectivity index (χ1) is 7.54. The second-order valence-electron chi connectivity index (χ2n) is 3.23. The van der Waals surface area contributed by atoms with Crippen molar-refractivity contribution < 1.29 is 19.0 Å². The highest BCUT2D eigenvalue weighted by Crippen LogP contribution is 2.12. The number of hydrogen-bond acceptors (Lipinski definition) is 2. The molecule has 84 valence electrons. The van der Waals surface area contributed by atoms with Crippen LogP contribution in [0, 0.1) is 18.2 Å². The van der Waals surface area contributed by atoms with Crippen LogP contribution in [-0.4, -0.2) is 17.2 Å². The lowest BCUT2D eigenvalue weighted by Gasteiger charge is -2.08. The van der Waals surface area contributed by atoms with Gasteiger partial charge in [0.15, 0.2) is 0 Å². The molecule has 0 saturated heterocycles. The standard InChI is InChI=1S/C12H11FO3/c1-3-8(2)16-7-10-6-9(12(14)15)4-5-11(10)13/h1,4-6,8H,7H2,2H3,(H,14,15). The van der Waals surface area contributed by atoms with Gasteiger partial charge in [0.2, 0.25) is 0 Å². The molecule has 1 atom stereocenters. The minimum Gasteiger partial charge on any atom is -0.478 e. The summed E-state index contributed by atoms with van der Waals surface area (Å²) < 4.78 is 18.4. The zero-order valence-electron chi connectivity index (χ0n) is 8.74. The minimum absolute atomic E-state index is 0.0216. The predicted octanol–water partition coefficient (Wildman–Crippen LogP) is 2.06. The molecule has 0 radical (unpaired) electrons. The Labute approximate surface area is 92.9 Å². The molecular formula is C12H11FO3. The van der Waals surface area contributed by atoms with Crippen LogP contribution in [0.4, 0.5) is 4.39 Å². The molecule has 0 spiro atoms. The first-order valence-electron chi connectivity index (χ1n) is 4.64. The van der Waals surface area contributed by atoms with Crippen molar-refractivity contribution in [1.29, 1.82) is 0 Å². The lowest BCUT2D eigenvalue weighted by molar-refractivity contribution is 0.0695. The summed E-state index contributed by atoms with van der Waals surface area (Å²) in [6.07, 6.45) is 4.65. The van der Waals surface area contributed by atoms with Crippen LogP contribution in [0.3, 0.4) is 0 Å². The van der Waals surface area contributed by atoms with E-state index < -0.39 is 17.9 Å². The number of ether oxygens (including phenoxy) is 1. The molecule has 0 saturated carbocycles. The zero-order chi connectivity index (χ0) is 12.1. The van der Waals surface area contributed by atoms with E-state index in [4.69, 9.17) is 16.3 Å². The fourth-order valence-electron chi connectivity index (χ4n) is 1.08. The molecule has 1 aromatic carbocycles. The molecule has 1 rings (SSSR count). The summed E-state index contributed by atoms with van der Waals surface area (Å²) in [5.41, 5.74) is 0.204. The Kier molecular flexibility index (Phi) is 4.03. The number of carbonyl (C=O) groups is 1. The number of aromatic carboxylic acids is 1. The highest BCUT2D eigenvalue weighted by molar-refractivity contribution is 5.87. The normalized spacial score (nSPS) is 11.8. The van der Waals surface area contributed by atoms with E-state index in [0.717, 1.165) is 6.07 Å². The molecule has 0 aliphatic heterocycles. The summed E-state index contributed by atoms with van der Waals surface area (Å²) in [4.78, 5) is 10.7. The Hall–Kier alpha value is -1.86. The highest BCUT2D eigenvalue weighted by atomic mass is 19.1. The van der Waals surface area contributed by atoms with Crippen molar-refractivity contribution in [2.24, 2.45) is 0 Å². The van der Waals surface area contributed by atoms with Crippen LogP contribution in [-0.2, 0) is 11.3 Å². The van der Waals surface area contributed by atoms with Crippen molar-refractivity contribution in [3.63, 3.8) is 0 Å². The largest absolute Gasteiger partial charge is 0.478 e. The lowest BCUT2D eigenvalue weighted by Crippen LogP contribution is -2.07. The first kappa shape index (κ1) is 12.2. The van der Waals surface area contributed by atoms with Crippen molar-refractivity contribution in [3.8, 4) is 12.3 Å². The third kappa shape index (κ3) is 3.07. The summed E-state index contributed by atoms with van der Waals surface area (Å²) in [6, 6.07) is 3.54. The third-order valence-corrected chi connectivity index (χ3v) is 2.02. The van der Waals surface area contributed by atoms with E-state index in [1.165, 1.54) is 12.1 Å². The number of hydrogen-bond donors (Lipinski definition) is 1. The Morgan fingerprint density at radius 3 is 2.94 bits per heavy atom. The molecule has 16 heavy (non-hydrogen) atoms. The van der Waals surface area contributed by atoms with Gasteiger partial charge in [-0.2, -0.15) is 0 Å². The van der Waals surface area contributed by atoms with Crippen LogP contribution in [0.15, 0.2) is 18.2 Å². The Bertz CT molecular complexity index is 434. The minimum atomic E-state index is -1.11. The Balaban J connectivity index is 2.83. The first-order valence-corrected chi connectivity index (χ1v) is 4.64. The van der Waals surface area contributed by atoms with Gasteiger partial charge in [-0.1, -0.05) is 5.92 Å². The number of benzene rings is 1. The van der Waals surface area contributed by atoms with Crippen molar-refractivity contribution in [2.75, 3.05) is 0 Å². The number of carboxylic acid groups (broad SMARTS) is 1. The summed E-state index contributed by atoms with van der Waals surface area (Å²) >= 11 is 0. The van der Waals surface area contributed by atoms with Crippen molar-refractivity contribution in [2.45, 2.75) is 19.6 Å². The van der Waals surface area contributed by atoms with E-state index in [0.29, 0.717) is 0 Å². The van der Waals surface area contributed by atoms with Crippen LogP contribution < -0.4 is 0 Å². The van der Waals surface area contributed by atoms with Gasteiger partial charge in [0.25, 0.3) is 0 Å². The van der Waals surface area contributed by atoms with Gasteiger partial charge in [-0.25, -0.2) is 9.18 Å². The average molecular weight is 222 g/mol. The van der Waals surface area contributed by atoms with Gasteiger partial charge in [-0.3, -0.25) is 0 Å². The van der Waals surface area contributed by atoms with Crippen molar-refractivity contribution in [3.05, 3.63) is 35.1 Å². The maximum absolute atomic E-state index is 13.3. The fraction of sp³-hybridized carbons (Fsp3) is 0.250. The van der Waals surface area contributed by atoms with E-state index in [1.807, 2.05) is 0 Å². The fourth-order valence-corrected chi connectivity index (χ4v) is 1.08. The van der Waals surface area contributed by atoms with E-state index in [9.17, 15) is 9.18 Å². The van der Waals surface area contributed by atoms with Gasteiger partial charge in [-0.05, 0) is 25.1 Å². The second kappa shape index (κ2) is 5.29. The number of carboxylic acids is 1. The smallest absolute Gasteiger partial charge is 0.335 e. The van der Waals surface area contributed by atoms with Gasteiger partial charge in [0, 0.05) is 5.56 Å². The summed E-state index contributed by atoms with van der Waals surface area (Å²) in [6.45, 7) is 1.61. The number of terminal acetylenes is 1. The molecule has 4 heteroatoms. The zero-order valence-corrected chi connectivity index (χ0v) is 8.74. The molecular weight excluding hydrogens is 211 g/mol. The molecule has 0 heterocycles. The van der Waals surface area contributed by atoms with E-state index >= 15 is 0 Å². The van der Waals surface area contributed by atoms with Gasteiger partial charge in [0.1, 0.15) is 11.9 Å². The second-order valence-corrected chi connectivity index (χ2v) is 3.23. The van der Waals surface area contributed by atoms with Gasteiger partial charge in [-0.15, -0.1) is 6.42 Å². The van der Waals surface area contributed by atoms with E-state index in [1.54, 1.807) is 6.92 Å². The monoisotopic (exact) mass is 222 g/mol. The maximum atomic E-state index is 13.3. The number of rotatable bonds is 4. The van der Waals surface area contributed by atoms with Crippen LogP contribution >= 0.6 is 0 Å². The molecule has 0 aromatic heterocycles. The van der Waals surface area contributed by atoms with Crippen LogP contribution in [0.5, 0.6) is 0 Å². The van der Waals surface area contributed by atoms with Crippen LogP contribution in [0.2, 0.25) is 0 Å². The molecule has 1 N–H and O–H groups in total. The summed E-state index contributed by atoms with van der Waals surface area (Å²) in [7, 11) is 0. The molecule has 0 bridgehead atoms. The highest BCUT2D eigenvalue weighted by Gasteiger charge is 2.09. The molecule has 0 aliphatic carbocycles. The van der Waals surface area contributed by atoms with Crippen molar-refractivity contribution >= 4 is 5.97 Å². The Morgan fingerprint density at radius 1 is 1.69 bits per heavy atom. The molecule has 1 unspecified atom stereocenters. The van der Waals surface area contributed by atoms with Gasteiger partial charge >= 0.3 is 5.97 Å². The van der Waals surface area contributed by atoms with Gasteiger partial charge < -0.3 is 9.84 Å². The van der Waals surface area contributed by atoms with Crippen molar-refractivity contribution in [1.82, 2.24) is 0 Å². The molecule has 0 amide bonds. The maximum Gasteiger partial charge on any atom is 0.335 e. The number of halogens is 1. The quantitative estimate of drug-likeness (QED) is 0.793. The SMILES string of the molecule is C#CC(C)OCc1cc(C(=O)O)ccc1F. The third-order valence-electron chi connectivity index (χ3n) is 2.02. The topological polar surface area (TPSA) is 46.5 Å². The average Bonchev–Trinajstić information content (AvgIpc) is 2.27. The summed E-state index contributed by atoms with van der Waals surface area (Å²) in [5, 5.41) is 8.73. The molecule has 0 fully saturated rings. The van der Waals surface area contributed by atoms with Crippen LogP contribution in [0.25, 0.3) is 0 Å². The molecule has 1 aromatic rings. The molecule has 0 aliphatic rings. The van der Waals surface area contributed by atoms with E-state index in [2.05, 4.69) is 5.92 Å².